The Labute approximate surface area is 182 Å². The third-order valence-electron chi connectivity index (χ3n) is 4.29. The number of ether oxygens (including phenoxy) is 3. The summed E-state index contributed by atoms with van der Waals surface area (Å²) < 4.78 is 54.8. The second kappa shape index (κ2) is 10.4. The van der Waals surface area contributed by atoms with Crippen molar-refractivity contribution in [3.05, 3.63) is 52.5 Å². The van der Waals surface area contributed by atoms with Crippen molar-refractivity contribution in [2.24, 2.45) is 0 Å². The van der Waals surface area contributed by atoms with E-state index >= 15 is 0 Å². The fourth-order valence-electron chi connectivity index (χ4n) is 2.69. The molecule has 0 heterocycles. The number of aryl methyl sites for hydroxylation is 1. The van der Waals surface area contributed by atoms with Crippen LogP contribution in [-0.2, 0) is 26.9 Å². The number of hydrogen-bond donors (Lipinski definition) is 1. The molecule has 1 N–H and O–H groups in total. The van der Waals surface area contributed by atoms with E-state index in [4.69, 9.17) is 25.8 Å². The van der Waals surface area contributed by atoms with Crippen LogP contribution in [0.4, 0.5) is 18.9 Å². The van der Waals surface area contributed by atoms with Crippen molar-refractivity contribution in [2.45, 2.75) is 32.0 Å². The Kier molecular flexibility index (Phi) is 8.15. The minimum absolute atomic E-state index is 0.0398. The van der Waals surface area contributed by atoms with Gasteiger partial charge < -0.3 is 19.5 Å². The van der Waals surface area contributed by atoms with Crippen molar-refractivity contribution in [3.63, 3.8) is 0 Å². The summed E-state index contributed by atoms with van der Waals surface area (Å²) in [6.45, 7) is 1.27. The molecule has 2 aromatic rings. The molecule has 31 heavy (non-hydrogen) atoms. The molecule has 0 radical (unpaired) electrons. The van der Waals surface area contributed by atoms with Gasteiger partial charge in [0.1, 0.15) is 0 Å². The summed E-state index contributed by atoms with van der Waals surface area (Å²) in [5, 5.41) is 2.00. The first-order chi connectivity index (χ1) is 14.5. The number of carbonyl (C=O) groups excluding carboxylic acids is 2. The smallest absolute Gasteiger partial charge is 0.418 e. The van der Waals surface area contributed by atoms with E-state index in [1.165, 1.54) is 27.2 Å². The predicted molar refractivity (Wildman–Crippen MR) is 109 cm³/mol. The summed E-state index contributed by atoms with van der Waals surface area (Å²) in [6.07, 6.45) is -5.74. The minimum atomic E-state index is -4.72. The van der Waals surface area contributed by atoms with Gasteiger partial charge in [0.2, 0.25) is 0 Å². The monoisotopic (exact) mass is 459 g/mol. The zero-order valence-corrected chi connectivity index (χ0v) is 17.8. The zero-order chi connectivity index (χ0) is 23.2. The van der Waals surface area contributed by atoms with Crippen LogP contribution in [-0.4, -0.2) is 32.2 Å². The first kappa shape index (κ1) is 24.3. The van der Waals surface area contributed by atoms with Gasteiger partial charge in [-0.2, -0.15) is 13.2 Å². The van der Waals surface area contributed by atoms with Crippen molar-refractivity contribution in [3.8, 4) is 11.5 Å². The van der Waals surface area contributed by atoms with Gasteiger partial charge in [0, 0.05) is 11.4 Å². The highest BCUT2D eigenvalue weighted by atomic mass is 35.5. The molecule has 2 rings (SSSR count). The average molecular weight is 460 g/mol. The van der Waals surface area contributed by atoms with Crippen LogP contribution in [0.25, 0.3) is 0 Å². The topological polar surface area (TPSA) is 73.9 Å². The van der Waals surface area contributed by atoms with Crippen molar-refractivity contribution >= 4 is 29.2 Å². The molecule has 0 spiro atoms. The van der Waals surface area contributed by atoms with Gasteiger partial charge in [0.05, 0.1) is 25.5 Å². The molecule has 0 aromatic heterocycles. The quantitative estimate of drug-likeness (QED) is 0.569. The molecular weight excluding hydrogens is 439 g/mol. The second-order valence-electron chi connectivity index (χ2n) is 6.50. The van der Waals surface area contributed by atoms with E-state index in [-0.39, 0.29) is 11.4 Å². The fourth-order valence-corrected chi connectivity index (χ4v) is 2.86. The second-order valence-corrected chi connectivity index (χ2v) is 6.93. The van der Waals surface area contributed by atoms with Gasteiger partial charge in [-0.15, -0.1) is 0 Å². The molecule has 0 aliphatic rings. The number of benzene rings is 2. The number of halogens is 4. The van der Waals surface area contributed by atoms with E-state index in [1.54, 1.807) is 18.2 Å². The number of rotatable bonds is 8. The summed E-state index contributed by atoms with van der Waals surface area (Å²) in [5.41, 5.74) is -0.793. The van der Waals surface area contributed by atoms with E-state index in [9.17, 15) is 22.8 Å². The van der Waals surface area contributed by atoms with E-state index in [0.29, 0.717) is 24.0 Å². The number of methoxy groups -OCH3 is 2. The largest absolute Gasteiger partial charge is 0.493 e. The van der Waals surface area contributed by atoms with Crippen molar-refractivity contribution in [1.29, 1.82) is 0 Å². The number of carbonyl (C=O) groups is 2. The van der Waals surface area contributed by atoms with Crippen LogP contribution in [0.1, 0.15) is 24.5 Å². The third-order valence-corrected chi connectivity index (χ3v) is 4.52. The lowest BCUT2D eigenvalue weighted by atomic mass is 10.1. The highest BCUT2D eigenvalue weighted by Crippen LogP contribution is 2.36. The maximum Gasteiger partial charge on any atom is 0.418 e. The molecule has 0 aliphatic carbocycles. The van der Waals surface area contributed by atoms with Crippen LogP contribution < -0.4 is 14.8 Å². The number of esters is 1. The van der Waals surface area contributed by atoms with Gasteiger partial charge in [0.25, 0.3) is 5.91 Å². The van der Waals surface area contributed by atoms with Gasteiger partial charge in [-0.25, -0.2) is 0 Å². The van der Waals surface area contributed by atoms with E-state index < -0.39 is 35.4 Å². The van der Waals surface area contributed by atoms with Crippen LogP contribution >= 0.6 is 11.6 Å². The maximum atomic E-state index is 13.1. The normalized spacial score (nSPS) is 12.1. The third kappa shape index (κ3) is 6.78. The number of alkyl halides is 3. The summed E-state index contributed by atoms with van der Waals surface area (Å²) in [4.78, 5) is 24.3. The Morgan fingerprint density at radius 1 is 1.06 bits per heavy atom. The molecule has 0 saturated heterocycles. The molecule has 0 aliphatic heterocycles. The molecule has 6 nitrogen and oxygen atoms in total. The lowest BCUT2D eigenvalue weighted by molar-refractivity contribution is -0.153. The lowest BCUT2D eigenvalue weighted by Gasteiger charge is -2.17. The SMILES string of the molecule is COc1ccc(CCC(=O)OC(C)C(=O)Nc2ccc(Cl)cc2C(F)(F)F)cc1OC. The molecule has 1 atom stereocenters. The van der Waals surface area contributed by atoms with Crippen molar-refractivity contribution in [1.82, 2.24) is 0 Å². The van der Waals surface area contributed by atoms with Gasteiger partial charge >= 0.3 is 12.1 Å². The lowest BCUT2D eigenvalue weighted by Crippen LogP contribution is -2.30. The van der Waals surface area contributed by atoms with Gasteiger partial charge in [-0.3, -0.25) is 9.59 Å². The first-order valence-electron chi connectivity index (χ1n) is 9.13. The Morgan fingerprint density at radius 2 is 1.74 bits per heavy atom. The standard InChI is InChI=1S/C21H21ClF3NO5/c1-12(20(28)26-16-7-6-14(22)11-15(16)21(23,24)25)31-19(27)9-5-13-4-8-17(29-2)18(10-13)30-3/h4,6-8,10-12H,5,9H2,1-3H3,(H,26,28). The predicted octanol–water partition coefficient (Wildman–Crippen LogP) is 4.88. The van der Waals surface area contributed by atoms with Crippen LogP contribution in [0.2, 0.25) is 5.02 Å². The summed E-state index contributed by atoms with van der Waals surface area (Å²) in [6, 6.07) is 8.11. The Balaban J connectivity index is 1.95. The highest BCUT2D eigenvalue weighted by molar-refractivity contribution is 6.30. The molecule has 168 valence electrons. The molecule has 1 amide bonds. The highest BCUT2D eigenvalue weighted by Gasteiger charge is 2.34. The molecule has 10 heteroatoms. The Bertz CT molecular complexity index is 949. The number of nitrogens with one attached hydrogen (secondary N) is 1. The van der Waals surface area contributed by atoms with Crippen LogP contribution in [0, 0.1) is 0 Å². The van der Waals surface area contributed by atoms with Gasteiger partial charge in [-0.1, -0.05) is 17.7 Å². The summed E-state index contributed by atoms with van der Waals surface area (Å²) in [5.74, 6) is -0.527. The molecule has 1 unspecified atom stereocenters. The summed E-state index contributed by atoms with van der Waals surface area (Å²) in [7, 11) is 2.99. The maximum absolute atomic E-state index is 13.1. The Hall–Kier alpha value is -2.94. The molecule has 2 aromatic carbocycles. The van der Waals surface area contributed by atoms with E-state index in [0.717, 1.165) is 11.6 Å². The zero-order valence-electron chi connectivity index (χ0n) is 17.0. The van der Waals surface area contributed by atoms with Crippen LogP contribution in [0.15, 0.2) is 36.4 Å². The molecule has 0 saturated carbocycles. The van der Waals surface area contributed by atoms with Crippen LogP contribution in [0.3, 0.4) is 0 Å². The summed E-state index contributed by atoms with van der Waals surface area (Å²) >= 11 is 5.62. The number of anilines is 1. The van der Waals surface area contributed by atoms with Crippen LogP contribution in [0.5, 0.6) is 11.5 Å². The van der Waals surface area contributed by atoms with Crippen molar-refractivity contribution in [2.75, 3.05) is 19.5 Å². The van der Waals surface area contributed by atoms with Crippen molar-refractivity contribution < 1.29 is 37.0 Å². The fraction of sp³-hybridized carbons (Fsp3) is 0.333. The first-order valence-corrected chi connectivity index (χ1v) is 9.51. The van der Waals surface area contributed by atoms with Gasteiger partial charge in [-0.05, 0) is 49.2 Å². The van der Waals surface area contributed by atoms with E-state index in [1.807, 2.05) is 0 Å². The molecule has 0 bridgehead atoms. The molecular formula is C21H21ClF3NO5. The van der Waals surface area contributed by atoms with E-state index in [2.05, 4.69) is 5.32 Å². The average Bonchev–Trinajstić information content (AvgIpc) is 2.72. The molecule has 0 fully saturated rings. The number of amides is 1. The minimum Gasteiger partial charge on any atom is -0.493 e. The Morgan fingerprint density at radius 3 is 2.35 bits per heavy atom. The van der Waals surface area contributed by atoms with Gasteiger partial charge in [0.15, 0.2) is 17.6 Å². The number of hydrogen-bond acceptors (Lipinski definition) is 5.